The maximum absolute atomic E-state index is 3.87. The molecule has 0 amide bonds. The molecule has 18 heavy (non-hydrogen) atoms. The van der Waals surface area contributed by atoms with Crippen LogP contribution in [0.2, 0.25) is 0 Å². The van der Waals surface area contributed by atoms with Crippen LogP contribution in [0.25, 0.3) is 12.2 Å². The van der Waals surface area contributed by atoms with Gasteiger partial charge in [0.05, 0.1) is 0 Å². The number of hydrogen-bond acceptors (Lipinski definition) is 2. The number of thiophene rings is 1. The predicted molar refractivity (Wildman–Crippen MR) is 87.2 cm³/mol. The zero-order valence-electron chi connectivity index (χ0n) is 12.5. The van der Waals surface area contributed by atoms with Gasteiger partial charge in [-0.05, 0) is 24.5 Å². The van der Waals surface area contributed by atoms with E-state index in [0.717, 1.165) is 13.1 Å². The van der Waals surface area contributed by atoms with Gasteiger partial charge in [-0.15, -0.1) is 11.3 Å². The molecule has 0 bridgehead atoms. The normalized spacial score (nSPS) is 12.9. The van der Waals surface area contributed by atoms with Gasteiger partial charge < -0.3 is 5.32 Å². The summed E-state index contributed by atoms with van der Waals surface area (Å²) < 4.78 is 0. The molecule has 2 heteroatoms. The molecule has 2 rings (SSSR count). The molecule has 102 valence electrons. The number of rotatable bonds is 2. The standard InChI is InChI=1S/C12H15NS.2C2H6/c1-3-5-9-10-8-13-7-6-12(10)14-11(9)4-2;2*1-2/h3-5,13H,2,6-8H2,1H3;2*1-2H3/b5-3-;;. The molecule has 0 saturated heterocycles. The van der Waals surface area contributed by atoms with Gasteiger partial charge in [0.2, 0.25) is 0 Å². The Bertz CT molecular complexity index is 375. The highest BCUT2D eigenvalue weighted by atomic mass is 32.1. The van der Waals surface area contributed by atoms with Crippen LogP contribution in [0.4, 0.5) is 0 Å². The van der Waals surface area contributed by atoms with E-state index in [-0.39, 0.29) is 0 Å². The van der Waals surface area contributed by atoms with Crippen molar-refractivity contribution in [3.8, 4) is 0 Å². The summed E-state index contributed by atoms with van der Waals surface area (Å²) in [7, 11) is 0. The second-order valence-electron chi connectivity index (χ2n) is 3.41. The first-order valence-electron chi connectivity index (χ1n) is 6.97. The van der Waals surface area contributed by atoms with E-state index in [1.165, 1.54) is 27.3 Å². The fraction of sp³-hybridized carbons (Fsp3) is 0.500. The SMILES string of the molecule is C=Cc1sc2c(c1/C=C\C)CNCC2.CC.CC. The van der Waals surface area contributed by atoms with Crippen molar-refractivity contribution >= 4 is 23.5 Å². The molecule has 1 aromatic heterocycles. The van der Waals surface area contributed by atoms with E-state index in [4.69, 9.17) is 0 Å². The Labute approximate surface area is 117 Å². The molecule has 0 radical (unpaired) electrons. The van der Waals surface area contributed by atoms with Gasteiger partial charge in [-0.2, -0.15) is 0 Å². The minimum Gasteiger partial charge on any atom is -0.312 e. The Kier molecular flexibility index (Phi) is 9.62. The van der Waals surface area contributed by atoms with Crippen molar-refractivity contribution in [3.63, 3.8) is 0 Å². The van der Waals surface area contributed by atoms with Gasteiger partial charge in [0.25, 0.3) is 0 Å². The molecule has 1 nitrogen and oxygen atoms in total. The van der Waals surface area contributed by atoms with Crippen LogP contribution in [0.1, 0.15) is 55.5 Å². The van der Waals surface area contributed by atoms with E-state index in [1.54, 1.807) is 0 Å². The van der Waals surface area contributed by atoms with Gasteiger partial charge in [-0.1, -0.05) is 52.5 Å². The zero-order valence-corrected chi connectivity index (χ0v) is 13.3. The van der Waals surface area contributed by atoms with Gasteiger partial charge >= 0.3 is 0 Å². The molecular weight excluding hydrogens is 238 g/mol. The van der Waals surface area contributed by atoms with Crippen LogP contribution in [0.3, 0.4) is 0 Å². The summed E-state index contributed by atoms with van der Waals surface area (Å²) in [4.78, 5) is 2.85. The second kappa shape index (κ2) is 10.1. The molecule has 0 aromatic carbocycles. The van der Waals surface area contributed by atoms with Crippen LogP contribution in [0, 0.1) is 0 Å². The van der Waals surface area contributed by atoms with Gasteiger partial charge in [0, 0.05) is 22.8 Å². The van der Waals surface area contributed by atoms with Gasteiger partial charge in [0.1, 0.15) is 0 Å². The van der Waals surface area contributed by atoms with Gasteiger partial charge in [-0.3, -0.25) is 0 Å². The van der Waals surface area contributed by atoms with Crippen LogP contribution in [-0.2, 0) is 13.0 Å². The molecule has 0 fully saturated rings. The van der Waals surface area contributed by atoms with E-state index in [1.807, 2.05) is 45.1 Å². The Morgan fingerprint density at radius 3 is 2.44 bits per heavy atom. The quantitative estimate of drug-likeness (QED) is 0.782. The lowest BCUT2D eigenvalue weighted by molar-refractivity contribution is 0.652. The van der Waals surface area contributed by atoms with Crippen LogP contribution in [0.5, 0.6) is 0 Å². The van der Waals surface area contributed by atoms with E-state index >= 15 is 0 Å². The minimum atomic E-state index is 1.01. The van der Waals surface area contributed by atoms with Crippen molar-refractivity contribution in [2.24, 2.45) is 0 Å². The maximum Gasteiger partial charge on any atom is 0.0343 e. The van der Waals surface area contributed by atoms with Crippen LogP contribution in [0.15, 0.2) is 12.7 Å². The maximum atomic E-state index is 3.87. The topological polar surface area (TPSA) is 12.0 Å². The predicted octanol–water partition coefficient (Wildman–Crippen LogP) is 5.12. The Hall–Kier alpha value is -0.860. The van der Waals surface area contributed by atoms with Crippen molar-refractivity contribution < 1.29 is 0 Å². The molecule has 0 aliphatic carbocycles. The van der Waals surface area contributed by atoms with Crippen molar-refractivity contribution in [1.29, 1.82) is 0 Å². The Morgan fingerprint density at radius 2 is 1.89 bits per heavy atom. The number of fused-ring (bicyclic) bond motifs is 1. The van der Waals surface area contributed by atoms with Gasteiger partial charge in [0.15, 0.2) is 0 Å². The lowest BCUT2D eigenvalue weighted by Gasteiger charge is -2.13. The largest absolute Gasteiger partial charge is 0.312 e. The zero-order chi connectivity index (χ0) is 14.0. The van der Waals surface area contributed by atoms with E-state index in [2.05, 4.69) is 31.0 Å². The lowest BCUT2D eigenvalue weighted by atomic mass is 10.0. The summed E-state index contributed by atoms with van der Waals surface area (Å²) in [6.45, 7) is 16.1. The average Bonchev–Trinajstić information content (AvgIpc) is 2.82. The summed E-state index contributed by atoms with van der Waals surface area (Å²) >= 11 is 1.89. The Morgan fingerprint density at radius 1 is 1.22 bits per heavy atom. The molecule has 0 spiro atoms. The van der Waals surface area contributed by atoms with Gasteiger partial charge in [-0.25, -0.2) is 0 Å². The minimum absolute atomic E-state index is 1.01. The van der Waals surface area contributed by atoms with Crippen LogP contribution < -0.4 is 5.32 Å². The third-order valence-corrected chi connectivity index (χ3v) is 3.81. The summed E-state index contributed by atoms with van der Waals surface area (Å²) in [5.74, 6) is 0. The van der Waals surface area contributed by atoms with Crippen molar-refractivity contribution in [2.45, 2.75) is 47.6 Å². The molecule has 0 saturated carbocycles. The monoisotopic (exact) mass is 265 g/mol. The van der Waals surface area contributed by atoms with Crippen LogP contribution in [-0.4, -0.2) is 6.54 Å². The molecule has 1 aliphatic heterocycles. The fourth-order valence-corrected chi connectivity index (χ4v) is 3.02. The van der Waals surface area contributed by atoms with Crippen LogP contribution >= 0.6 is 11.3 Å². The number of allylic oxidation sites excluding steroid dienone is 1. The first-order valence-corrected chi connectivity index (χ1v) is 7.79. The molecule has 1 aromatic rings. The summed E-state index contributed by atoms with van der Waals surface area (Å²) in [6.07, 6.45) is 7.43. The fourth-order valence-electron chi connectivity index (χ4n) is 1.86. The molecule has 2 heterocycles. The highest BCUT2D eigenvalue weighted by Gasteiger charge is 2.16. The number of hydrogen-bond donors (Lipinski definition) is 1. The number of nitrogens with one attached hydrogen (secondary N) is 1. The van der Waals surface area contributed by atoms with Crippen molar-refractivity contribution in [2.75, 3.05) is 6.54 Å². The summed E-state index contributed by atoms with van der Waals surface area (Å²) in [6, 6.07) is 0. The van der Waals surface area contributed by atoms with Crippen molar-refractivity contribution in [1.82, 2.24) is 5.32 Å². The molecule has 1 N–H and O–H groups in total. The van der Waals surface area contributed by atoms with E-state index < -0.39 is 0 Å². The summed E-state index contributed by atoms with van der Waals surface area (Å²) in [5, 5.41) is 3.42. The molecular formula is C16H27NS. The highest BCUT2D eigenvalue weighted by molar-refractivity contribution is 7.13. The third-order valence-electron chi connectivity index (χ3n) is 2.51. The first kappa shape index (κ1) is 17.1. The molecule has 0 atom stereocenters. The van der Waals surface area contributed by atoms with Crippen molar-refractivity contribution in [3.05, 3.63) is 33.5 Å². The lowest BCUT2D eigenvalue weighted by Crippen LogP contribution is -2.22. The second-order valence-corrected chi connectivity index (χ2v) is 4.55. The summed E-state index contributed by atoms with van der Waals surface area (Å²) in [5.41, 5.74) is 2.85. The first-order chi connectivity index (χ1) is 8.86. The molecule has 0 unspecified atom stereocenters. The Balaban J connectivity index is 0.000000659. The smallest absolute Gasteiger partial charge is 0.0343 e. The van der Waals surface area contributed by atoms with E-state index in [0.29, 0.717) is 0 Å². The average molecular weight is 265 g/mol. The van der Waals surface area contributed by atoms with E-state index in [9.17, 15) is 0 Å². The third kappa shape index (κ3) is 4.11. The highest BCUT2D eigenvalue weighted by Crippen LogP contribution is 2.32. The molecule has 1 aliphatic rings.